The zero-order valence-electron chi connectivity index (χ0n) is 8.44. The number of hydrogen-bond acceptors (Lipinski definition) is 5. The Hall–Kier alpha value is 0.190. The predicted molar refractivity (Wildman–Crippen MR) is 50.1 cm³/mol. The lowest BCUT2D eigenvalue weighted by Gasteiger charge is -2.24. The molecule has 0 aromatic rings. The van der Waals surface area contributed by atoms with Gasteiger partial charge >= 0.3 is 8.60 Å². The maximum atomic E-state index is 5.63. The zero-order chi connectivity index (χ0) is 10.1. The van der Waals surface area contributed by atoms with Crippen molar-refractivity contribution >= 4 is 8.60 Å². The van der Waals surface area contributed by atoms with Gasteiger partial charge in [-0.3, -0.25) is 4.90 Å². The maximum absolute atomic E-state index is 5.63. The lowest BCUT2D eigenvalue weighted by Crippen LogP contribution is -3.17. The van der Waals surface area contributed by atoms with Gasteiger partial charge in [0.15, 0.2) is 19.0 Å². The Balaban J connectivity index is 1.56. The van der Waals surface area contributed by atoms with E-state index in [9.17, 15) is 0 Å². The van der Waals surface area contributed by atoms with Gasteiger partial charge in [0, 0.05) is 0 Å². The van der Waals surface area contributed by atoms with Crippen molar-refractivity contribution in [1.29, 1.82) is 0 Å². The molecule has 15 heavy (non-hydrogen) atoms. The van der Waals surface area contributed by atoms with Crippen LogP contribution in [0.5, 0.6) is 0 Å². The van der Waals surface area contributed by atoms with Gasteiger partial charge in [-0.05, 0) is 0 Å². The second-order valence-corrected chi connectivity index (χ2v) is 5.25. The first kappa shape index (κ1) is 10.4. The first-order chi connectivity index (χ1) is 7.39. The normalized spacial score (nSPS) is 41.2. The van der Waals surface area contributed by atoms with Gasteiger partial charge in [-0.2, -0.15) is 0 Å². The Morgan fingerprint density at radius 1 is 1.13 bits per heavy atom. The second kappa shape index (κ2) is 4.22. The zero-order valence-corrected chi connectivity index (χ0v) is 9.33. The Bertz CT molecular complexity index is 225. The van der Waals surface area contributed by atoms with Gasteiger partial charge in [-0.25, -0.2) is 0 Å². The Labute approximate surface area is 89.4 Å². The molecule has 3 saturated heterocycles. The van der Waals surface area contributed by atoms with Crippen LogP contribution < -0.4 is 4.90 Å². The van der Waals surface area contributed by atoms with Crippen LogP contribution in [0.1, 0.15) is 0 Å². The second-order valence-electron chi connectivity index (χ2n) is 4.03. The molecule has 6 nitrogen and oxygen atoms in total. The Kier molecular flexibility index (Phi) is 2.91. The highest BCUT2D eigenvalue weighted by Crippen LogP contribution is 2.44. The predicted octanol–water partition coefficient (Wildman–Crippen LogP) is -1.12. The summed E-state index contributed by atoms with van der Waals surface area (Å²) in [5.74, 6) is 0. The molecule has 1 N–H and O–H groups in total. The molecule has 3 rings (SSSR count). The average molecular weight is 236 g/mol. The summed E-state index contributed by atoms with van der Waals surface area (Å²) >= 11 is 0. The molecule has 0 unspecified atom stereocenters. The number of fused-ring (bicyclic) bond motifs is 1. The molecule has 3 fully saturated rings. The molecule has 0 spiro atoms. The van der Waals surface area contributed by atoms with Crippen LogP contribution in [0.25, 0.3) is 0 Å². The van der Waals surface area contributed by atoms with Gasteiger partial charge in [0.05, 0.1) is 13.2 Å². The lowest BCUT2D eigenvalue weighted by atomic mass is 10.0. The molecule has 0 aliphatic carbocycles. The minimum absolute atomic E-state index is 0.0301. The van der Waals surface area contributed by atoms with Crippen molar-refractivity contribution in [3.63, 3.8) is 0 Å². The fourth-order valence-electron chi connectivity index (χ4n) is 2.03. The van der Waals surface area contributed by atoms with E-state index in [1.54, 1.807) is 0 Å². The van der Waals surface area contributed by atoms with E-state index >= 15 is 0 Å². The molecule has 0 saturated carbocycles. The molecule has 0 atom stereocenters. The summed E-state index contributed by atoms with van der Waals surface area (Å²) in [5.41, 5.74) is -0.0301. The van der Waals surface area contributed by atoms with Crippen molar-refractivity contribution in [2.24, 2.45) is 0 Å². The highest BCUT2D eigenvalue weighted by atomic mass is 31.2. The van der Waals surface area contributed by atoms with Gasteiger partial charge in [0.1, 0.15) is 19.8 Å². The molecule has 7 heteroatoms. The summed E-state index contributed by atoms with van der Waals surface area (Å²) < 4.78 is 27.1. The highest BCUT2D eigenvalue weighted by molar-refractivity contribution is 7.41. The van der Waals surface area contributed by atoms with E-state index in [2.05, 4.69) is 0 Å². The number of quaternary nitrogens is 1. The van der Waals surface area contributed by atoms with Crippen molar-refractivity contribution in [3.05, 3.63) is 0 Å². The van der Waals surface area contributed by atoms with Crippen LogP contribution in [-0.4, -0.2) is 52.0 Å². The van der Waals surface area contributed by atoms with Crippen LogP contribution in [0.4, 0.5) is 0 Å². The summed E-state index contributed by atoms with van der Waals surface area (Å²) in [6.45, 7) is 4.70. The van der Waals surface area contributed by atoms with Crippen LogP contribution in [0.3, 0.4) is 0 Å². The fourth-order valence-corrected chi connectivity index (χ4v) is 3.05. The largest absolute Gasteiger partial charge is 0.333 e. The van der Waals surface area contributed by atoms with Gasteiger partial charge in [0.2, 0.25) is 0 Å². The van der Waals surface area contributed by atoms with E-state index in [1.165, 1.54) is 4.90 Å². The monoisotopic (exact) mass is 236 g/mol. The maximum Gasteiger partial charge on any atom is 0.333 e. The van der Waals surface area contributed by atoms with Crippen LogP contribution >= 0.6 is 8.60 Å². The molecule has 3 heterocycles. The molecular formula is C8H15NO5P+. The van der Waals surface area contributed by atoms with Gasteiger partial charge in [-0.15, -0.1) is 0 Å². The van der Waals surface area contributed by atoms with Gasteiger partial charge in [0.25, 0.3) is 0 Å². The van der Waals surface area contributed by atoms with Gasteiger partial charge in [-0.1, -0.05) is 0 Å². The number of rotatable bonds is 3. The first-order valence-electron chi connectivity index (χ1n) is 5.09. The van der Waals surface area contributed by atoms with Crippen LogP contribution in [-0.2, 0) is 23.0 Å². The van der Waals surface area contributed by atoms with E-state index in [-0.39, 0.29) is 5.54 Å². The molecule has 3 aliphatic rings. The van der Waals surface area contributed by atoms with Crippen LogP contribution in [0.2, 0.25) is 0 Å². The van der Waals surface area contributed by atoms with E-state index in [1.807, 2.05) is 0 Å². The van der Waals surface area contributed by atoms with Crippen molar-refractivity contribution in [3.8, 4) is 0 Å². The Morgan fingerprint density at radius 3 is 2.47 bits per heavy atom. The number of nitrogens with one attached hydrogen (secondary N) is 1. The minimum atomic E-state index is -1.11. The molecular weight excluding hydrogens is 221 g/mol. The molecule has 0 bridgehead atoms. The first-order valence-corrected chi connectivity index (χ1v) is 6.18. The molecule has 3 aliphatic heterocycles. The van der Waals surface area contributed by atoms with Crippen molar-refractivity contribution < 1.29 is 27.9 Å². The fraction of sp³-hybridized carbons (Fsp3) is 1.00. The van der Waals surface area contributed by atoms with E-state index in [0.29, 0.717) is 46.5 Å². The van der Waals surface area contributed by atoms with Crippen molar-refractivity contribution in [2.75, 3.05) is 46.5 Å². The Morgan fingerprint density at radius 2 is 1.80 bits per heavy atom. The van der Waals surface area contributed by atoms with E-state index in [0.717, 1.165) is 0 Å². The standard InChI is InChI=1S/C8H14NO5P/c1-2-13-15(12-1)14-5-8-3-10-6-9(8)7-11-4-8/h1-7H2/p+1. The molecule has 0 amide bonds. The molecule has 0 radical (unpaired) electrons. The summed E-state index contributed by atoms with van der Waals surface area (Å²) in [6, 6.07) is 0. The van der Waals surface area contributed by atoms with Crippen molar-refractivity contribution in [2.45, 2.75) is 5.54 Å². The third-order valence-electron chi connectivity index (χ3n) is 2.98. The van der Waals surface area contributed by atoms with E-state index < -0.39 is 8.60 Å². The smallest absolute Gasteiger partial charge is 0.325 e. The highest BCUT2D eigenvalue weighted by Gasteiger charge is 2.52. The lowest BCUT2D eigenvalue weighted by molar-refractivity contribution is -0.939. The number of ether oxygens (including phenoxy) is 2. The van der Waals surface area contributed by atoms with Gasteiger partial charge < -0.3 is 23.0 Å². The minimum Gasteiger partial charge on any atom is -0.325 e. The van der Waals surface area contributed by atoms with E-state index in [4.69, 9.17) is 23.0 Å². The molecule has 86 valence electrons. The molecule has 0 aromatic heterocycles. The van der Waals surface area contributed by atoms with Crippen LogP contribution in [0.15, 0.2) is 0 Å². The summed E-state index contributed by atoms with van der Waals surface area (Å²) in [7, 11) is -1.11. The SMILES string of the molecule is C1COP(OCC23COC[NH+]2COC3)O1. The summed E-state index contributed by atoms with van der Waals surface area (Å²) in [5, 5.41) is 0. The third kappa shape index (κ3) is 1.91. The average Bonchev–Trinajstić information content (AvgIpc) is 2.91. The van der Waals surface area contributed by atoms with Crippen LogP contribution in [0, 0.1) is 0 Å². The third-order valence-corrected chi connectivity index (χ3v) is 4.11. The molecule has 0 aromatic carbocycles. The summed E-state index contributed by atoms with van der Waals surface area (Å²) in [4.78, 5) is 1.32. The number of hydrogen-bond donors (Lipinski definition) is 1. The quantitative estimate of drug-likeness (QED) is 0.629. The summed E-state index contributed by atoms with van der Waals surface area (Å²) in [6.07, 6.45) is 0. The topological polar surface area (TPSA) is 50.6 Å². The van der Waals surface area contributed by atoms with Crippen molar-refractivity contribution in [1.82, 2.24) is 0 Å².